The van der Waals surface area contributed by atoms with Crippen molar-refractivity contribution in [2.45, 2.75) is 64.7 Å². The summed E-state index contributed by atoms with van der Waals surface area (Å²) in [5.74, 6) is 1.10. The minimum atomic E-state index is -2.05. The van der Waals surface area contributed by atoms with Crippen molar-refractivity contribution in [1.29, 1.82) is 5.26 Å². The van der Waals surface area contributed by atoms with E-state index in [2.05, 4.69) is 68.1 Å². The highest BCUT2D eigenvalue weighted by molar-refractivity contribution is 6.74. The molecular formula is C32H44BN8O3Si. The lowest BCUT2D eigenvalue weighted by Crippen LogP contribution is -2.46. The Balaban J connectivity index is 1.41. The van der Waals surface area contributed by atoms with E-state index < -0.39 is 13.7 Å². The summed E-state index contributed by atoms with van der Waals surface area (Å²) >= 11 is 0. The lowest BCUT2D eigenvalue weighted by Gasteiger charge is -2.39. The molecule has 1 aromatic carbocycles. The van der Waals surface area contributed by atoms with Crippen molar-refractivity contribution in [2.24, 2.45) is 0 Å². The molecule has 0 bridgehead atoms. The van der Waals surface area contributed by atoms with Crippen molar-refractivity contribution >= 4 is 39.4 Å². The quantitative estimate of drug-likeness (QED) is 0.240. The zero-order chi connectivity index (χ0) is 32.4. The molecule has 1 radical (unpaired) electrons. The monoisotopic (exact) mass is 627 g/mol. The van der Waals surface area contributed by atoms with Crippen LogP contribution in [0.25, 0.3) is 11.3 Å². The van der Waals surface area contributed by atoms with E-state index in [0.29, 0.717) is 36.2 Å². The fourth-order valence-electron chi connectivity index (χ4n) is 5.61. The third kappa shape index (κ3) is 7.14. The number of morpholine rings is 1. The number of aromatic nitrogens is 4. The number of nitrogens with zero attached hydrogens (tertiary/aromatic N) is 7. The SMILES string of the molecule is Cc1cc(Nc2nccc(-c3cc(C#N)c4c(c3)[C@@](C)(CO[Si](C)(C)C(C)(C)C)CN4[B]C=O)n2)nn1CCN1CCOCC1. The molecule has 5 rings (SSSR count). The van der Waals surface area contributed by atoms with E-state index in [1.807, 2.05) is 34.6 Å². The van der Waals surface area contributed by atoms with Crippen LogP contribution in [0.15, 0.2) is 30.5 Å². The molecule has 2 aromatic heterocycles. The number of aryl methyl sites for hydroxylation is 1. The van der Waals surface area contributed by atoms with Crippen LogP contribution in [0.2, 0.25) is 18.1 Å². The molecule has 1 saturated heterocycles. The molecule has 0 spiro atoms. The summed E-state index contributed by atoms with van der Waals surface area (Å²) in [5, 5.41) is 18.3. The Hall–Kier alpha value is -3.57. The average molecular weight is 628 g/mol. The lowest BCUT2D eigenvalue weighted by molar-refractivity contribution is 0.0359. The van der Waals surface area contributed by atoms with Crippen LogP contribution in [-0.4, -0.2) is 92.6 Å². The molecule has 13 heteroatoms. The number of anilines is 3. The number of carbonyl (C=O) groups excluding carboxylic acids is 1. The van der Waals surface area contributed by atoms with Gasteiger partial charge in [-0.3, -0.25) is 9.58 Å². The Morgan fingerprint density at radius 3 is 2.67 bits per heavy atom. The van der Waals surface area contributed by atoms with Gasteiger partial charge in [0.2, 0.25) is 5.95 Å². The van der Waals surface area contributed by atoms with Crippen LogP contribution in [0.3, 0.4) is 0 Å². The number of nitriles is 1. The van der Waals surface area contributed by atoms with Crippen molar-refractivity contribution in [2.75, 3.05) is 56.1 Å². The van der Waals surface area contributed by atoms with E-state index in [9.17, 15) is 10.1 Å². The van der Waals surface area contributed by atoms with Crippen molar-refractivity contribution in [3.63, 3.8) is 0 Å². The van der Waals surface area contributed by atoms with Gasteiger partial charge in [-0.2, -0.15) is 10.4 Å². The van der Waals surface area contributed by atoms with Crippen LogP contribution in [0.5, 0.6) is 0 Å². The fraction of sp³-hybridized carbons (Fsp3) is 0.531. The smallest absolute Gasteiger partial charge is 0.329 e. The largest absolute Gasteiger partial charge is 0.416 e. The average Bonchev–Trinajstić information content (AvgIpc) is 3.50. The summed E-state index contributed by atoms with van der Waals surface area (Å²) < 4.78 is 14.2. The number of ether oxygens (including phenoxy) is 1. The maximum absolute atomic E-state index is 11.6. The van der Waals surface area contributed by atoms with Crippen molar-refractivity contribution < 1.29 is 14.0 Å². The van der Waals surface area contributed by atoms with Gasteiger partial charge >= 0.3 is 7.41 Å². The van der Waals surface area contributed by atoms with Crippen LogP contribution in [0.4, 0.5) is 17.5 Å². The third-order valence-electron chi connectivity index (χ3n) is 9.39. The molecule has 2 aliphatic heterocycles. The summed E-state index contributed by atoms with van der Waals surface area (Å²) in [5.41, 5.74) is 4.30. The summed E-state index contributed by atoms with van der Waals surface area (Å²) in [4.78, 5) is 25.1. The van der Waals surface area contributed by atoms with E-state index in [1.165, 1.54) is 7.41 Å². The zero-order valence-corrected chi connectivity index (χ0v) is 28.6. The molecule has 1 N–H and O–H groups in total. The predicted molar refractivity (Wildman–Crippen MR) is 180 cm³/mol. The van der Waals surface area contributed by atoms with Crippen LogP contribution < -0.4 is 10.1 Å². The number of carbonyl (C=O) groups is 1. The highest BCUT2D eigenvalue weighted by Crippen LogP contribution is 2.46. The molecule has 1 atom stereocenters. The van der Waals surface area contributed by atoms with Gasteiger partial charge in [0.15, 0.2) is 14.1 Å². The van der Waals surface area contributed by atoms with Gasteiger partial charge in [0.25, 0.3) is 0 Å². The Kier molecular flexibility index (Phi) is 9.51. The molecule has 2 aliphatic rings. The Bertz CT molecular complexity index is 1580. The number of fused-ring (bicyclic) bond motifs is 1. The standard InChI is InChI=1S/C32H44BN8O3Si/c1-23-16-28(38-41(23)11-10-39-12-14-43-15-13-39)37-30-35-9-8-27(36-30)24-17-25(19-34)29-26(18-24)32(5,20-40(29)33-22-42)21-44-45(6,7)31(2,3)4/h8-9,16-18,22H,10-15,20-21H2,1-7H3,(H,35,36,37,38)/t32-/m1/s1. The summed E-state index contributed by atoms with van der Waals surface area (Å²) in [6.07, 6.45) is 2.48. The maximum Gasteiger partial charge on any atom is 0.329 e. The normalized spacial score (nSPS) is 18.8. The van der Waals surface area contributed by atoms with Gasteiger partial charge in [-0.1, -0.05) is 27.7 Å². The number of hydrogen-bond acceptors (Lipinski definition) is 10. The van der Waals surface area contributed by atoms with Crippen LogP contribution in [-0.2, 0) is 25.9 Å². The van der Waals surface area contributed by atoms with Crippen molar-refractivity contribution in [3.8, 4) is 17.3 Å². The second kappa shape index (κ2) is 13.0. The molecule has 11 nitrogen and oxygen atoms in total. The minimum absolute atomic E-state index is 0.0561. The molecule has 0 amide bonds. The molecule has 4 heterocycles. The molecule has 0 aliphatic carbocycles. The predicted octanol–water partition coefficient (Wildman–Crippen LogP) is 4.50. The number of hydrogen-bond donors (Lipinski definition) is 1. The highest BCUT2D eigenvalue weighted by Gasteiger charge is 2.44. The molecule has 0 unspecified atom stereocenters. The summed E-state index contributed by atoms with van der Waals surface area (Å²) in [6, 6.07) is 10.1. The van der Waals surface area contributed by atoms with Gasteiger partial charge in [0, 0.05) is 67.4 Å². The second-order valence-corrected chi connectivity index (χ2v) is 18.6. The summed E-state index contributed by atoms with van der Waals surface area (Å²) in [6.45, 7) is 21.5. The molecular weight excluding hydrogens is 583 g/mol. The lowest BCUT2D eigenvalue weighted by atomic mass is 9.83. The van der Waals surface area contributed by atoms with Gasteiger partial charge < -0.3 is 24.1 Å². The van der Waals surface area contributed by atoms with Crippen LogP contribution in [0.1, 0.15) is 44.5 Å². The Morgan fingerprint density at radius 2 is 1.98 bits per heavy atom. The first kappa shape index (κ1) is 32.8. The number of nitrogens with one attached hydrogen (secondary N) is 1. The number of rotatable bonds is 11. The van der Waals surface area contributed by atoms with Gasteiger partial charge in [0.1, 0.15) is 12.3 Å². The van der Waals surface area contributed by atoms with E-state index in [1.54, 1.807) is 6.20 Å². The van der Waals surface area contributed by atoms with E-state index >= 15 is 0 Å². The van der Waals surface area contributed by atoms with Gasteiger partial charge in [-0.25, -0.2) is 9.97 Å². The summed E-state index contributed by atoms with van der Waals surface area (Å²) in [7, 11) is -0.544. The molecule has 45 heavy (non-hydrogen) atoms. The molecule has 0 saturated carbocycles. The highest BCUT2D eigenvalue weighted by atomic mass is 28.4. The molecule has 3 aromatic rings. The fourth-order valence-corrected chi connectivity index (χ4v) is 6.72. The number of benzene rings is 1. The molecule has 237 valence electrons. The van der Waals surface area contributed by atoms with E-state index in [0.717, 1.165) is 68.1 Å². The Labute approximate surface area is 268 Å². The Morgan fingerprint density at radius 1 is 1.22 bits per heavy atom. The van der Waals surface area contributed by atoms with E-state index in [-0.39, 0.29) is 5.04 Å². The zero-order valence-electron chi connectivity index (χ0n) is 27.6. The second-order valence-electron chi connectivity index (χ2n) is 13.8. The van der Waals surface area contributed by atoms with Gasteiger partial charge in [-0.15, -0.1) is 0 Å². The minimum Gasteiger partial charge on any atom is -0.416 e. The van der Waals surface area contributed by atoms with Crippen LogP contribution >= 0.6 is 0 Å². The third-order valence-corrected chi connectivity index (χ3v) is 13.9. The van der Waals surface area contributed by atoms with Gasteiger partial charge in [-0.05, 0) is 48.8 Å². The topological polar surface area (TPSA) is 121 Å². The first-order chi connectivity index (χ1) is 21.3. The van der Waals surface area contributed by atoms with E-state index in [4.69, 9.17) is 19.2 Å². The first-order valence-corrected chi connectivity index (χ1v) is 18.5. The van der Waals surface area contributed by atoms with Crippen molar-refractivity contribution in [3.05, 3.63) is 47.3 Å². The first-order valence-electron chi connectivity index (χ1n) is 15.6. The van der Waals surface area contributed by atoms with Gasteiger partial charge in [0.05, 0.1) is 31.0 Å². The molecule has 1 fully saturated rings. The maximum atomic E-state index is 11.6. The van der Waals surface area contributed by atoms with Crippen LogP contribution in [0, 0.1) is 18.3 Å². The van der Waals surface area contributed by atoms with Crippen molar-refractivity contribution in [1.82, 2.24) is 24.6 Å².